The highest BCUT2D eigenvalue weighted by Crippen LogP contribution is 2.43. The minimum Gasteiger partial charge on any atom is -0.462 e. The maximum atomic E-state index is 12.9. The molecule has 0 radical (unpaired) electrons. The topological polar surface area (TPSA) is 108 Å². The lowest BCUT2D eigenvalue weighted by molar-refractivity contribution is -0.870. The van der Waals surface area contributed by atoms with Crippen LogP contribution in [0.3, 0.4) is 0 Å². The van der Waals surface area contributed by atoms with Crippen molar-refractivity contribution in [2.45, 2.75) is 290 Å². The minimum absolute atomic E-state index is 0.0210. The van der Waals surface area contributed by atoms with Crippen LogP contribution in [0.4, 0.5) is 0 Å². The molecule has 0 saturated heterocycles. The summed E-state index contributed by atoms with van der Waals surface area (Å²) in [6.45, 7) is 4.19. The number of esters is 2. The molecule has 0 aromatic carbocycles. The second-order valence-electron chi connectivity index (χ2n) is 24.9. The molecule has 0 heterocycles. The number of hydrogen-bond acceptors (Lipinski definition) is 7. The van der Waals surface area contributed by atoms with Crippen LogP contribution in [-0.4, -0.2) is 74.9 Å². The van der Waals surface area contributed by atoms with Crippen molar-refractivity contribution in [3.05, 3.63) is 158 Å². The van der Waals surface area contributed by atoms with Gasteiger partial charge in [-0.1, -0.05) is 307 Å². The van der Waals surface area contributed by atoms with E-state index in [1.807, 2.05) is 21.1 Å². The molecular weight excluding hydrogens is 1130 g/mol. The highest BCUT2D eigenvalue weighted by molar-refractivity contribution is 7.47. The Kier molecular flexibility index (Phi) is 65.6. The van der Waals surface area contributed by atoms with E-state index in [2.05, 4.69) is 172 Å². The van der Waals surface area contributed by atoms with Gasteiger partial charge in [-0.05, 0) is 122 Å². The Morgan fingerprint density at radius 1 is 0.344 bits per heavy atom. The van der Waals surface area contributed by atoms with Crippen molar-refractivity contribution in [2.75, 3.05) is 47.5 Å². The van der Waals surface area contributed by atoms with Crippen molar-refractivity contribution in [3.8, 4) is 0 Å². The normalized spacial score (nSPS) is 14.1. The van der Waals surface area contributed by atoms with Crippen molar-refractivity contribution in [1.82, 2.24) is 0 Å². The second kappa shape index (κ2) is 69.0. The Hall–Kier alpha value is -4.37. The van der Waals surface area contributed by atoms with Gasteiger partial charge in [0.05, 0.1) is 27.7 Å². The van der Waals surface area contributed by atoms with Crippen LogP contribution in [0.2, 0.25) is 0 Å². The molecule has 0 bridgehead atoms. The van der Waals surface area contributed by atoms with Gasteiger partial charge in [-0.3, -0.25) is 18.6 Å². The molecule has 0 spiro atoms. The van der Waals surface area contributed by atoms with E-state index in [9.17, 15) is 19.0 Å². The van der Waals surface area contributed by atoms with Crippen LogP contribution in [0.1, 0.15) is 284 Å². The van der Waals surface area contributed by atoms with Crippen molar-refractivity contribution < 1.29 is 42.1 Å². The third-order valence-corrected chi connectivity index (χ3v) is 16.0. The van der Waals surface area contributed by atoms with E-state index in [-0.39, 0.29) is 32.0 Å². The van der Waals surface area contributed by atoms with Gasteiger partial charge >= 0.3 is 19.8 Å². The Morgan fingerprint density at radius 2 is 0.600 bits per heavy atom. The number of quaternary nitrogens is 1. The van der Waals surface area contributed by atoms with Crippen LogP contribution in [0.5, 0.6) is 0 Å². The van der Waals surface area contributed by atoms with E-state index < -0.39 is 26.5 Å². The lowest BCUT2D eigenvalue weighted by Gasteiger charge is -2.24. The lowest BCUT2D eigenvalue weighted by atomic mass is 10.0. The molecule has 9 nitrogen and oxygen atoms in total. The van der Waals surface area contributed by atoms with Gasteiger partial charge in [0.15, 0.2) is 6.10 Å². The Morgan fingerprint density at radius 3 is 0.889 bits per heavy atom. The molecule has 90 heavy (non-hydrogen) atoms. The SMILES string of the molecule is CC/C=C\C/C=C\C/C=C\C/C=C\C/C=C\C/C=C\C/C=C\CCCCCCCC(=O)OC(COC(=O)CCCCCCCCCCCCCCCCCCCCCC/C=C\C/C=C\C/C=C\C/C=C\C/C=C\C/C=C\CC)COP(=O)(O)OCC[N+](C)(C)C. The van der Waals surface area contributed by atoms with Crippen molar-refractivity contribution in [2.24, 2.45) is 0 Å². The van der Waals surface area contributed by atoms with Crippen LogP contribution in [0, 0.1) is 0 Å². The number of carbonyl (C=O) groups is 2. The number of ether oxygens (including phenoxy) is 2. The number of phosphoric ester groups is 1. The average molecular weight is 1270 g/mol. The van der Waals surface area contributed by atoms with E-state index in [4.69, 9.17) is 18.5 Å². The highest BCUT2D eigenvalue weighted by atomic mass is 31.2. The van der Waals surface area contributed by atoms with Crippen molar-refractivity contribution >= 4 is 19.8 Å². The molecule has 0 saturated carbocycles. The lowest BCUT2D eigenvalue weighted by Crippen LogP contribution is -2.37. The zero-order valence-corrected chi connectivity index (χ0v) is 59.2. The zero-order valence-electron chi connectivity index (χ0n) is 58.3. The molecule has 10 heteroatoms. The predicted molar refractivity (Wildman–Crippen MR) is 390 cm³/mol. The number of hydrogen-bond donors (Lipinski definition) is 1. The molecule has 2 atom stereocenters. The fourth-order valence-electron chi connectivity index (χ4n) is 9.59. The number of unbranched alkanes of at least 4 members (excludes halogenated alkanes) is 25. The van der Waals surface area contributed by atoms with Gasteiger partial charge in [0.25, 0.3) is 0 Å². The van der Waals surface area contributed by atoms with Crippen LogP contribution in [-0.2, 0) is 32.7 Å². The molecule has 512 valence electrons. The summed E-state index contributed by atoms with van der Waals surface area (Å²) < 4.78 is 34.7. The molecule has 2 unspecified atom stereocenters. The fourth-order valence-corrected chi connectivity index (χ4v) is 10.3. The maximum absolute atomic E-state index is 12.9. The van der Waals surface area contributed by atoms with E-state index in [0.717, 1.165) is 135 Å². The van der Waals surface area contributed by atoms with E-state index in [1.54, 1.807) is 0 Å². The van der Waals surface area contributed by atoms with Gasteiger partial charge < -0.3 is 18.9 Å². The summed E-state index contributed by atoms with van der Waals surface area (Å²) in [5.74, 6) is -0.821. The van der Waals surface area contributed by atoms with Crippen LogP contribution < -0.4 is 0 Å². The zero-order chi connectivity index (χ0) is 65.5. The van der Waals surface area contributed by atoms with Gasteiger partial charge in [-0.15, -0.1) is 0 Å². The minimum atomic E-state index is -4.41. The molecule has 0 fully saturated rings. The maximum Gasteiger partial charge on any atom is 0.472 e. The molecule has 0 aromatic heterocycles. The van der Waals surface area contributed by atoms with Crippen LogP contribution >= 0.6 is 7.82 Å². The van der Waals surface area contributed by atoms with Gasteiger partial charge in [-0.2, -0.15) is 0 Å². The van der Waals surface area contributed by atoms with Crippen molar-refractivity contribution in [1.29, 1.82) is 0 Å². The Bertz CT molecular complexity index is 2080. The smallest absolute Gasteiger partial charge is 0.462 e. The molecular formula is C80H135NO8P+. The first kappa shape index (κ1) is 85.6. The van der Waals surface area contributed by atoms with Gasteiger partial charge in [0.1, 0.15) is 19.8 Å². The molecule has 0 amide bonds. The van der Waals surface area contributed by atoms with Gasteiger partial charge in [0.2, 0.25) is 0 Å². The first-order valence-corrected chi connectivity index (χ1v) is 37.7. The molecule has 0 aromatic rings. The summed E-state index contributed by atoms with van der Waals surface area (Å²) in [4.78, 5) is 35.9. The largest absolute Gasteiger partial charge is 0.472 e. The number of phosphoric acid groups is 1. The molecule has 0 aliphatic heterocycles. The second-order valence-corrected chi connectivity index (χ2v) is 26.3. The molecule has 0 aliphatic carbocycles. The average Bonchev–Trinajstić information content (AvgIpc) is 3.61. The van der Waals surface area contributed by atoms with Crippen molar-refractivity contribution in [3.63, 3.8) is 0 Å². The van der Waals surface area contributed by atoms with E-state index in [1.165, 1.54) is 116 Å². The Balaban J connectivity index is 4.05. The standard InChI is InChI=1S/C80H134NO8P/c1-6-8-10-12-14-16-18-20-22-24-26-28-30-32-34-35-36-37-38-39-40-41-42-43-44-45-47-48-50-52-54-56-58-60-62-64-66-68-70-72-79(82)86-76-78(77-88-90(84,85)87-75-74-81(3,4)5)89-80(83)73-71-69-67-65-63-61-59-57-55-53-51-49-46-33-31-29-27-25-23-21-19-17-15-13-11-9-7-2/h8-11,14-17,20-23,26-29,32-34,36-37,46,51,53,57,59,78H,6-7,12-13,18-19,24-25,30-31,35,38-45,47-50,52,54-56,58,60-77H2,1-5H3/p+1/b10-8-,11-9-,16-14-,17-15-,22-20-,23-21-,28-26-,29-27-,34-32-,37-36-,46-33-,53-51-,59-57-. The van der Waals surface area contributed by atoms with Crippen LogP contribution in [0.15, 0.2) is 158 Å². The molecule has 1 N–H and O–H groups in total. The quantitative estimate of drug-likeness (QED) is 0.0211. The number of rotatable bonds is 65. The van der Waals surface area contributed by atoms with E-state index >= 15 is 0 Å². The summed E-state index contributed by atoms with van der Waals surface area (Å²) in [6.07, 6.45) is 104. The Labute approximate surface area is 554 Å². The first-order chi connectivity index (χ1) is 44.0. The van der Waals surface area contributed by atoms with Crippen LogP contribution in [0.25, 0.3) is 0 Å². The predicted octanol–water partition coefficient (Wildman–Crippen LogP) is 23.9. The summed E-state index contributed by atoms with van der Waals surface area (Å²) in [5.41, 5.74) is 0. The third kappa shape index (κ3) is 72.7. The number of likely N-dealkylation sites (N-methyl/N-ethyl adjacent to an activating group) is 1. The first-order valence-electron chi connectivity index (χ1n) is 36.2. The molecule has 0 rings (SSSR count). The van der Waals surface area contributed by atoms with Gasteiger partial charge in [-0.25, -0.2) is 4.57 Å². The van der Waals surface area contributed by atoms with Gasteiger partial charge in [0, 0.05) is 12.8 Å². The third-order valence-electron chi connectivity index (χ3n) is 15.1. The number of allylic oxidation sites excluding steroid dienone is 26. The summed E-state index contributed by atoms with van der Waals surface area (Å²) in [6, 6.07) is 0. The monoisotopic (exact) mass is 1270 g/mol. The summed E-state index contributed by atoms with van der Waals surface area (Å²) >= 11 is 0. The van der Waals surface area contributed by atoms with E-state index in [0.29, 0.717) is 17.4 Å². The summed E-state index contributed by atoms with van der Waals surface area (Å²) in [5, 5.41) is 0. The molecule has 0 aliphatic rings. The fraction of sp³-hybridized carbons (Fsp3) is 0.650. The number of carbonyl (C=O) groups excluding carboxylic acids is 2. The highest BCUT2D eigenvalue weighted by Gasteiger charge is 2.27. The summed E-state index contributed by atoms with van der Waals surface area (Å²) in [7, 11) is 1.45. The number of nitrogens with zero attached hydrogens (tertiary/aromatic N) is 1.